The maximum Gasteiger partial charge on any atom is 0.411 e. The van der Waals surface area contributed by atoms with E-state index in [4.69, 9.17) is 4.98 Å². The van der Waals surface area contributed by atoms with Crippen molar-refractivity contribution in [2.45, 2.75) is 45.6 Å². The number of aryl methyl sites for hydroxylation is 1. The first kappa shape index (κ1) is 31.3. The number of pyridine rings is 1. The fourth-order valence-corrected chi connectivity index (χ4v) is 5.36. The number of carbonyl (C=O) groups excluding carboxylic acids is 2. The van der Waals surface area contributed by atoms with Crippen LogP contribution in [0, 0.1) is 29.7 Å². The summed E-state index contributed by atoms with van der Waals surface area (Å²) >= 11 is 0. The number of nitrogens with zero attached hydrogens (tertiary/aromatic N) is 2. The van der Waals surface area contributed by atoms with Gasteiger partial charge >= 0.3 is 12.7 Å². The quantitative estimate of drug-likeness (QED) is 0.129. The average Bonchev–Trinajstić information content (AvgIpc) is 3.37. The lowest BCUT2D eigenvalue weighted by Crippen LogP contribution is -2.34. The molecule has 3 N–H and O–H groups in total. The van der Waals surface area contributed by atoms with Crippen molar-refractivity contribution >= 4 is 23.4 Å². The molecule has 0 aliphatic carbocycles. The Bertz CT molecular complexity index is 1760. The second kappa shape index (κ2) is 12.8. The predicted molar refractivity (Wildman–Crippen MR) is 156 cm³/mol. The lowest BCUT2D eigenvalue weighted by molar-refractivity contribution is -0.614. The van der Waals surface area contributed by atoms with E-state index in [1.165, 1.54) is 19.2 Å². The maximum absolute atomic E-state index is 14.8. The first-order valence-corrected chi connectivity index (χ1v) is 14.0. The Morgan fingerprint density at radius 1 is 1.16 bits per heavy atom. The van der Waals surface area contributed by atoms with Crippen molar-refractivity contribution in [2.75, 3.05) is 17.7 Å². The molecule has 5 rings (SSSR count). The van der Waals surface area contributed by atoms with Crippen LogP contribution in [0.4, 0.5) is 33.7 Å². The molecule has 0 saturated heterocycles. The molecule has 1 aliphatic heterocycles. The number of alkyl halides is 2. The van der Waals surface area contributed by atoms with Crippen molar-refractivity contribution in [3.05, 3.63) is 82.7 Å². The van der Waals surface area contributed by atoms with Crippen LogP contribution in [0.3, 0.4) is 0 Å². The van der Waals surface area contributed by atoms with Crippen molar-refractivity contribution in [3.8, 4) is 28.1 Å². The van der Waals surface area contributed by atoms with Crippen LogP contribution in [-0.2, 0) is 9.53 Å². The summed E-state index contributed by atoms with van der Waals surface area (Å²) in [6, 6.07) is 9.17. The molecule has 2 amide bonds. The molecule has 2 bridgehead atoms. The van der Waals surface area contributed by atoms with E-state index in [-0.39, 0.29) is 17.2 Å². The van der Waals surface area contributed by atoms with Crippen LogP contribution in [0.2, 0.25) is 0 Å². The standard InChI is InChI=1S/C31H29F4N5O5/c1-15-5-4-6-20(23-11-7-17(14-40(23)43)25-24(45-30(34)35)12-10-21(32)26(25)33)28-36-16(2)27(39-28)19-9-8-18(37-31(42)44-3)13-22(19)38-29(15)41/h7-15,20,30H,4-6H2,1-3H3,(H,36,39)(H,37,42)(H,38,41). The zero-order valence-electron chi connectivity index (χ0n) is 24.4. The number of amides is 2. The molecule has 0 fully saturated rings. The number of hydrogen-bond donors (Lipinski definition) is 3. The second-order valence-electron chi connectivity index (χ2n) is 10.6. The molecule has 236 valence electrons. The largest absolute Gasteiger partial charge is 0.618 e. The first-order valence-electron chi connectivity index (χ1n) is 14.0. The average molecular weight is 628 g/mol. The lowest BCUT2D eigenvalue weighted by Gasteiger charge is -2.19. The molecule has 4 aromatic rings. The summed E-state index contributed by atoms with van der Waals surface area (Å²) in [4.78, 5) is 33.0. The molecule has 0 saturated carbocycles. The number of ether oxygens (including phenoxy) is 2. The van der Waals surface area contributed by atoms with Gasteiger partial charge in [0.1, 0.15) is 17.5 Å². The highest BCUT2D eigenvalue weighted by molar-refractivity contribution is 5.98. The Balaban J connectivity index is 1.58. The number of methoxy groups -OCH3 is 1. The molecule has 45 heavy (non-hydrogen) atoms. The molecular formula is C31H29F4N5O5. The van der Waals surface area contributed by atoms with Crippen molar-refractivity contribution in [2.24, 2.45) is 5.92 Å². The molecule has 2 aromatic heterocycles. The molecule has 0 radical (unpaired) electrons. The molecule has 2 aromatic carbocycles. The third-order valence-electron chi connectivity index (χ3n) is 7.64. The number of hydrogen-bond acceptors (Lipinski definition) is 6. The Morgan fingerprint density at radius 2 is 1.93 bits per heavy atom. The van der Waals surface area contributed by atoms with Gasteiger partial charge in [-0.25, -0.2) is 18.6 Å². The third-order valence-corrected chi connectivity index (χ3v) is 7.64. The van der Waals surface area contributed by atoms with E-state index in [0.717, 1.165) is 12.3 Å². The summed E-state index contributed by atoms with van der Waals surface area (Å²) in [5.74, 6) is -4.18. The topological polar surface area (TPSA) is 132 Å². The highest BCUT2D eigenvalue weighted by Gasteiger charge is 2.30. The molecule has 3 heterocycles. The van der Waals surface area contributed by atoms with Gasteiger partial charge in [0.05, 0.1) is 29.6 Å². The molecule has 2 unspecified atom stereocenters. The van der Waals surface area contributed by atoms with E-state index in [9.17, 15) is 32.4 Å². The number of imidazole rings is 1. The molecule has 0 spiro atoms. The molecule has 2 atom stereocenters. The van der Waals surface area contributed by atoms with E-state index < -0.39 is 47.5 Å². The van der Waals surface area contributed by atoms with E-state index in [1.54, 1.807) is 32.0 Å². The maximum atomic E-state index is 14.8. The first-order chi connectivity index (χ1) is 21.5. The Kier molecular flexibility index (Phi) is 8.93. The van der Waals surface area contributed by atoms with Gasteiger partial charge in [-0.1, -0.05) is 13.3 Å². The summed E-state index contributed by atoms with van der Waals surface area (Å²) in [5.41, 5.74) is 1.91. The minimum absolute atomic E-state index is 0.165. The highest BCUT2D eigenvalue weighted by Crippen LogP contribution is 2.38. The van der Waals surface area contributed by atoms with Gasteiger partial charge in [0.25, 0.3) is 0 Å². The van der Waals surface area contributed by atoms with Gasteiger partial charge in [0.2, 0.25) is 11.6 Å². The SMILES string of the molecule is COC(=O)Nc1ccc2c(c1)NC(=O)C(C)CCCC(c1ccc(-c3c(OC(F)F)ccc(F)c3F)c[n+]1[O-])c1nc-2c(C)[nH]1. The van der Waals surface area contributed by atoms with Crippen LogP contribution >= 0.6 is 0 Å². The van der Waals surface area contributed by atoms with Crippen LogP contribution in [-0.4, -0.2) is 35.7 Å². The number of carbonyl (C=O) groups is 2. The van der Waals surface area contributed by atoms with Gasteiger partial charge in [-0.2, -0.15) is 13.5 Å². The number of anilines is 2. The van der Waals surface area contributed by atoms with E-state index >= 15 is 0 Å². The normalized spacial score (nSPS) is 16.7. The van der Waals surface area contributed by atoms with Crippen LogP contribution in [0.15, 0.2) is 48.7 Å². The zero-order valence-corrected chi connectivity index (χ0v) is 24.4. The van der Waals surface area contributed by atoms with Gasteiger partial charge in [-0.15, -0.1) is 0 Å². The van der Waals surface area contributed by atoms with E-state index in [1.807, 2.05) is 0 Å². The minimum atomic E-state index is -3.30. The Hall–Kier alpha value is -5.14. The van der Waals surface area contributed by atoms with Crippen LogP contribution < -0.4 is 20.1 Å². The van der Waals surface area contributed by atoms with Crippen molar-refractivity contribution in [1.82, 2.24) is 9.97 Å². The van der Waals surface area contributed by atoms with Crippen LogP contribution in [0.25, 0.3) is 22.4 Å². The Morgan fingerprint density at radius 3 is 2.64 bits per heavy atom. The summed E-state index contributed by atoms with van der Waals surface area (Å²) in [6.07, 6.45) is 1.66. The fraction of sp³-hybridized carbons (Fsp3) is 0.290. The second-order valence-corrected chi connectivity index (χ2v) is 10.6. The van der Waals surface area contributed by atoms with Gasteiger partial charge in [0.15, 0.2) is 17.8 Å². The monoisotopic (exact) mass is 627 g/mol. The summed E-state index contributed by atoms with van der Waals surface area (Å²) in [6.45, 7) is 0.254. The fourth-order valence-electron chi connectivity index (χ4n) is 5.36. The summed E-state index contributed by atoms with van der Waals surface area (Å²) in [5, 5.41) is 18.9. The number of fused-ring (bicyclic) bond motifs is 4. The number of benzene rings is 2. The van der Waals surface area contributed by atoms with Gasteiger partial charge in [0, 0.05) is 28.9 Å². The Labute approximate surface area is 255 Å². The van der Waals surface area contributed by atoms with Gasteiger partial charge in [-0.05, 0) is 56.2 Å². The van der Waals surface area contributed by atoms with Crippen molar-refractivity contribution in [3.63, 3.8) is 0 Å². The van der Waals surface area contributed by atoms with Crippen molar-refractivity contribution in [1.29, 1.82) is 0 Å². The summed E-state index contributed by atoms with van der Waals surface area (Å²) in [7, 11) is 1.23. The number of rotatable bonds is 5. The highest BCUT2D eigenvalue weighted by atomic mass is 19.3. The van der Waals surface area contributed by atoms with E-state index in [0.29, 0.717) is 64.2 Å². The number of aromatic amines is 1. The molecule has 10 nitrogen and oxygen atoms in total. The van der Waals surface area contributed by atoms with Gasteiger partial charge < -0.3 is 25.0 Å². The van der Waals surface area contributed by atoms with Crippen molar-refractivity contribution < 1.29 is 41.4 Å². The van der Waals surface area contributed by atoms with Gasteiger partial charge in [-0.3, -0.25) is 10.1 Å². The van der Waals surface area contributed by atoms with E-state index in [2.05, 4.69) is 25.1 Å². The lowest BCUT2D eigenvalue weighted by atomic mass is 9.92. The smallest absolute Gasteiger partial charge is 0.411 e. The van der Waals surface area contributed by atoms with Crippen LogP contribution in [0.1, 0.15) is 49.3 Å². The number of aromatic nitrogens is 3. The number of halogens is 4. The number of H-pyrrole nitrogens is 1. The summed E-state index contributed by atoms with van der Waals surface area (Å²) < 4.78 is 64.4. The molecule has 1 aliphatic rings. The minimum Gasteiger partial charge on any atom is -0.618 e. The molecule has 14 heteroatoms. The van der Waals surface area contributed by atoms with Crippen LogP contribution in [0.5, 0.6) is 5.75 Å². The zero-order chi connectivity index (χ0) is 32.4. The third kappa shape index (κ3) is 6.54. The number of nitrogens with one attached hydrogen (secondary N) is 3. The predicted octanol–water partition coefficient (Wildman–Crippen LogP) is 6.63. The molecular weight excluding hydrogens is 598 g/mol.